The van der Waals surface area contributed by atoms with Crippen molar-refractivity contribution in [1.82, 2.24) is 14.8 Å². The maximum Gasteiger partial charge on any atom is 0.335 e. The first-order chi connectivity index (χ1) is 10.7. The summed E-state index contributed by atoms with van der Waals surface area (Å²) >= 11 is 6.87. The van der Waals surface area contributed by atoms with Gasteiger partial charge in [0, 0.05) is 17.5 Å². The summed E-state index contributed by atoms with van der Waals surface area (Å²) < 4.78 is 2.43. The zero-order valence-electron chi connectivity index (χ0n) is 11.5. The van der Waals surface area contributed by atoms with E-state index in [4.69, 9.17) is 12.2 Å². The Labute approximate surface area is 135 Å². The summed E-state index contributed by atoms with van der Waals surface area (Å²) in [4.78, 5) is 11.3. The number of thiophene rings is 1. The number of carboxylic acid groups (broad SMARTS) is 1. The van der Waals surface area contributed by atoms with Crippen LogP contribution in [0.2, 0.25) is 0 Å². The van der Waals surface area contributed by atoms with Crippen molar-refractivity contribution in [3.05, 3.63) is 57.0 Å². The van der Waals surface area contributed by atoms with Gasteiger partial charge in [-0.1, -0.05) is 18.2 Å². The molecule has 2 aromatic heterocycles. The lowest BCUT2D eigenvalue weighted by molar-refractivity contribution is 0.0695. The Morgan fingerprint density at radius 1 is 1.36 bits per heavy atom. The van der Waals surface area contributed by atoms with Gasteiger partial charge in [0.1, 0.15) is 0 Å². The van der Waals surface area contributed by atoms with E-state index in [2.05, 4.69) is 10.2 Å². The highest BCUT2D eigenvalue weighted by atomic mass is 32.1. The van der Waals surface area contributed by atoms with Crippen LogP contribution in [-0.2, 0) is 13.0 Å². The average molecular weight is 331 g/mol. The Hall–Kier alpha value is -2.25. The average Bonchev–Trinajstić information content (AvgIpc) is 3.15. The number of carbonyl (C=O) groups is 1. The zero-order valence-corrected chi connectivity index (χ0v) is 13.2. The highest BCUT2D eigenvalue weighted by Gasteiger charge is 2.12. The van der Waals surface area contributed by atoms with Gasteiger partial charge in [-0.2, -0.15) is 16.4 Å². The summed E-state index contributed by atoms with van der Waals surface area (Å²) in [6.45, 7) is 0.574. The highest BCUT2D eigenvalue weighted by molar-refractivity contribution is 7.71. The molecule has 0 atom stereocenters. The van der Waals surface area contributed by atoms with Crippen LogP contribution < -0.4 is 0 Å². The molecule has 0 bridgehead atoms. The van der Waals surface area contributed by atoms with Crippen LogP contribution in [-0.4, -0.2) is 25.8 Å². The maximum absolute atomic E-state index is 11.3. The highest BCUT2D eigenvalue weighted by Crippen LogP contribution is 2.21. The fraction of sp³-hybridized carbons (Fsp3) is 0.133. The van der Waals surface area contributed by atoms with Crippen LogP contribution in [0.25, 0.3) is 11.4 Å². The molecule has 0 unspecified atom stereocenters. The number of aromatic amines is 1. The molecule has 0 fully saturated rings. The van der Waals surface area contributed by atoms with Crippen molar-refractivity contribution in [2.24, 2.45) is 0 Å². The van der Waals surface area contributed by atoms with Crippen LogP contribution in [0.1, 0.15) is 15.9 Å². The van der Waals surface area contributed by atoms with Gasteiger partial charge in [0.2, 0.25) is 0 Å². The van der Waals surface area contributed by atoms with Gasteiger partial charge >= 0.3 is 5.97 Å². The second-order valence-corrected chi connectivity index (χ2v) is 5.90. The second-order valence-electron chi connectivity index (χ2n) is 4.73. The van der Waals surface area contributed by atoms with E-state index < -0.39 is 5.97 Å². The second kappa shape index (κ2) is 6.25. The van der Waals surface area contributed by atoms with E-state index in [9.17, 15) is 9.90 Å². The molecule has 2 N–H and O–H groups in total. The molecule has 0 aliphatic carbocycles. The van der Waals surface area contributed by atoms with Gasteiger partial charge in [0.25, 0.3) is 0 Å². The van der Waals surface area contributed by atoms with Crippen molar-refractivity contribution in [2.75, 3.05) is 0 Å². The van der Waals surface area contributed by atoms with Crippen LogP contribution in [0, 0.1) is 4.77 Å². The minimum absolute atomic E-state index is 0.328. The lowest BCUT2D eigenvalue weighted by Crippen LogP contribution is -2.08. The van der Waals surface area contributed by atoms with Crippen LogP contribution in [0.15, 0.2) is 41.1 Å². The molecule has 7 heteroatoms. The van der Waals surface area contributed by atoms with E-state index in [-0.39, 0.29) is 0 Å². The lowest BCUT2D eigenvalue weighted by Gasteiger charge is -2.08. The van der Waals surface area contributed by atoms with Gasteiger partial charge in [-0.15, -0.1) is 0 Å². The van der Waals surface area contributed by atoms with Crippen LogP contribution in [0.4, 0.5) is 0 Å². The van der Waals surface area contributed by atoms with Gasteiger partial charge in [-0.3, -0.25) is 9.67 Å². The number of aromatic nitrogens is 3. The molecule has 5 nitrogen and oxygen atoms in total. The summed E-state index contributed by atoms with van der Waals surface area (Å²) in [5, 5.41) is 20.3. The first-order valence-electron chi connectivity index (χ1n) is 6.66. The summed E-state index contributed by atoms with van der Waals surface area (Å²) in [7, 11) is 0. The van der Waals surface area contributed by atoms with Crippen molar-refractivity contribution in [3.8, 4) is 11.4 Å². The van der Waals surface area contributed by atoms with E-state index >= 15 is 0 Å². The summed E-state index contributed by atoms with van der Waals surface area (Å²) in [6, 6.07) is 9.00. The predicted octanol–water partition coefficient (Wildman–Crippen LogP) is 3.61. The van der Waals surface area contributed by atoms with Gasteiger partial charge in [0.15, 0.2) is 10.6 Å². The Kier molecular flexibility index (Phi) is 4.17. The van der Waals surface area contributed by atoms with Crippen LogP contribution in [0.3, 0.4) is 0 Å². The minimum atomic E-state index is -0.913. The molecular weight excluding hydrogens is 318 g/mol. The minimum Gasteiger partial charge on any atom is -0.478 e. The number of hydrogen-bond acceptors (Lipinski definition) is 4. The smallest absolute Gasteiger partial charge is 0.335 e. The summed E-state index contributed by atoms with van der Waals surface area (Å²) in [5.41, 5.74) is 2.12. The molecule has 0 amide bonds. The third-order valence-corrected chi connectivity index (χ3v) is 4.39. The number of nitrogens with zero attached hydrogens (tertiary/aromatic N) is 2. The van der Waals surface area contributed by atoms with Gasteiger partial charge in [-0.05, 0) is 41.7 Å². The van der Waals surface area contributed by atoms with Crippen molar-refractivity contribution >= 4 is 29.5 Å². The van der Waals surface area contributed by atoms with Crippen LogP contribution in [0.5, 0.6) is 0 Å². The normalized spacial score (nSPS) is 10.7. The number of carboxylic acids is 1. The standard InChI is InChI=1S/C15H13N3O2S2/c19-14(20)12-4-2-1-3-10(12)5-7-18-13(16-17-15(18)21)11-6-8-22-9-11/h1-4,6,8-9H,5,7H2,(H,17,21)(H,19,20). The molecule has 0 spiro atoms. The Morgan fingerprint density at radius 3 is 2.91 bits per heavy atom. The number of H-pyrrole nitrogens is 1. The molecule has 112 valence electrons. The monoisotopic (exact) mass is 331 g/mol. The third kappa shape index (κ3) is 2.86. The van der Waals surface area contributed by atoms with Gasteiger partial charge in [0.05, 0.1) is 5.56 Å². The zero-order chi connectivity index (χ0) is 15.5. The van der Waals surface area contributed by atoms with E-state index in [1.165, 1.54) is 0 Å². The molecule has 0 saturated carbocycles. The molecule has 0 radical (unpaired) electrons. The number of aromatic carboxylic acids is 1. The molecule has 3 aromatic rings. The van der Waals surface area contributed by atoms with Crippen molar-refractivity contribution in [2.45, 2.75) is 13.0 Å². The molecule has 2 heterocycles. The Morgan fingerprint density at radius 2 is 2.18 bits per heavy atom. The molecule has 3 rings (SSSR count). The topological polar surface area (TPSA) is 70.9 Å². The molecular formula is C15H13N3O2S2. The number of rotatable bonds is 5. The maximum atomic E-state index is 11.3. The van der Waals surface area contributed by atoms with E-state index in [1.807, 2.05) is 33.5 Å². The van der Waals surface area contributed by atoms with Crippen molar-refractivity contribution in [1.29, 1.82) is 0 Å². The van der Waals surface area contributed by atoms with E-state index in [0.29, 0.717) is 23.3 Å². The van der Waals surface area contributed by atoms with Crippen molar-refractivity contribution in [3.63, 3.8) is 0 Å². The molecule has 0 saturated heterocycles. The van der Waals surface area contributed by atoms with Crippen LogP contribution >= 0.6 is 23.6 Å². The lowest BCUT2D eigenvalue weighted by atomic mass is 10.0. The fourth-order valence-electron chi connectivity index (χ4n) is 2.32. The third-order valence-electron chi connectivity index (χ3n) is 3.39. The van der Waals surface area contributed by atoms with Gasteiger partial charge < -0.3 is 5.11 Å². The Balaban J connectivity index is 1.88. The molecule has 22 heavy (non-hydrogen) atoms. The summed E-state index contributed by atoms with van der Waals surface area (Å²) in [5.74, 6) is -0.136. The number of hydrogen-bond donors (Lipinski definition) is 2. The largest absolute Gasteiger partial charge is 0.478 e. The fourth-order valence-corrected chi connectivity index (χ4v) is 3.17. The molecule has 0 aliphatic rings. The van der Waals surface area contributed by atoms with Gasteiger partial charge in [-0.25, -0.2) is 4.79 Å². The molecule has 1 aromatic carbocycles. The quantitative estimate of drug-likeness (QED) is 0.701. The van der Waals surface area contributed by atoms with E-state index in [1.54, 1.807) is 23.5 Å². The van der Waals surface area contributed by atoms with E-state index in [0.717, 1.165) is 17.0 Å². The number of benzene rings is 1. The number of aryl methyl sites for hydroxylation is 1. The van der Waals surface area contributed by atoms with Crippen molar-refractivity contribution < 1.29 is 9.90 Å². The number of nitrogens with one attached hydrogen (secondary N) is 1. The Bertz CT molecular complexity index is 850. The summed E-state index contributed by atoms with van der Waals surface area (Å²) in [6.07, 6.45) is 0.577. The first-order valence-corrected chi connectivity index (χ1v) is 8.01. The SMILES string of the molecule is O=C(O)c1ccccc1CCn1c(-c2ccsc2)n[nH]c1=S. The first kappa shape index (κ1) is 14.7. The molecule has 0 aliphatic heterocycles. The predicted molar refractivity (Wildman–Crippen MR) is 87.8 cm³/mol.